The normalized spacial score (nSPS) is 9.36. The number of carbonyl (C=O) groups is 1. The molecule has 0 aliphatic carbocycles. The zero-order valence-corrected chi connectivity index (χ0v) is 7.38. The highest BCUT2D eigenvalue weighted by atomic mass is 35.5. The molecule has 4 nitrogen and oxygen atoms in total. The molecule has 0 unspecified atom stereocenters. The fraction of sp³-hybridized carbons (Fsp3) is 0.800. The van der Waals surface area contributed by atoms with Crippen molar-refractivity contribution in [1.29, 1.82) is 0 Å². The van der Waals surface area contributed by atoms with Crippen LogP contribution >= 0.6 is 23.2 Å². The molecule has 0 aromatic heterocycles. The van der Waals surface area contributed by atoms with Crippen LogP contribution in [-0.4, -0.2) is 32.4 Å². The molecule has 0 aromatic carbocycles. The average Bonchev–Trinajstić information content (AvgIpc) is 1.89. The number of hydrogen-bond donors (Lipinski definition) is 3. The first-order valence-corrected chi connectivity index (χ1v) is 3.66. The lowest BCUT2D eigenvalue weighted by Crippen LogP contribution is -2.03. The van der Waals surface area contributed by atoms with Crippen LogP contribution in [0.15, 0.2) is 0 Å². The summed E-state index contributed by atoms with van der Waals surface area (Å²) in [6.07, 6.45) is -0.699. The minimum Gasteiger partial charge on any atom is -0.479 e. The number of aliphatic hydroxyl groups is 2. The van der Waals surface area contributed by atoms with Crippen LogP contribution in [0.25, 0.3) is 0 Å². The summed E-state index contributed by atoms with van der Waals surface area (Å²) < 4.78 is 0. The molecule has 6 heteroatoms. The maximum atomic E-state index is 9.44. The Morgan fingerprint density at radius 2 is 1.64 bits per heavy atom. The fourth-order valence-corrected chi connectivity index (χ4v) is 0. The molecule has 0 aliphatic rings. The smallest absolute Gasteiger partial charge is 0.337 e. The molecule has 0 fully saturated rings. The molecule has 68 valence electrons. The van der Waals surface area contributed by atoms with Gasteiger partial charge in [-0.2, -0.15) is 0 Å². The molecule has 0 heterocycles. The van der Waals surface area contributed by atoms with Crippen LogP contribution in [0.5, 0.6) is 0 Å². The molecule has 3 N–H and O–H groups in total. The Morgan fingerprint density at radius 3 is 1.64 bits per heavy atom. The average molecular weight is 205 g/mol. The fourth-order valence-electron chi connectivity index (χ4n) is 0. The van der Waals surface area contributed by atoms with Gasteiger partial charge in [0.25, 0.3) is 0 Å². The van der Waals surface area contributed by atoms with Crippen molar-refractivity contribution < 1.29 is 20.1 Å². The first-order chi connectivity index (χ1) is 4.91. The van der Waals surface area contributed by atoms with Gasteiger partial charge < -0.3 is 15.3 Å². The number of carboxylic acid groups (broad SMARTS) is 1. The lowest BCUT2D eigenvalue weighted by atomic mass is 10.5. The van der Waals surface area contributed by atoms with Crippen molar-refractivity contribution in [2.45, 2.75) is 24.5 Å². The summed E-state index contributed by atoms with van der Waals surface area (Å²) >= 11 is 9.56. The highest BCUT2D eigenvalue weighted by Crippen LogP contribution is 1.98. The molecule has 0 radical (unpaired) electrons. The van der Waals surface area contributed by atoms with Gasteiger partial charge in [0, 0.05) is 0 Å². The van der Waals surface area contributed by atoms with E-state index in [1.165, 1.54) is 0 Å². The number of alkyl halides is 2. The summed E-state index contributed by atoms with van der Waals surface area (Å²) in [5.41, 5.74) is 0. The van der Waals surface area contributed by atoms with E-state index in [0.717, 1.165) is 0 Å². The molecule has 0 aromatic rings. The third kappa shape index (κ3) is 17.8. The van der Waals surface area contributed by atoms with Gasteiger partial charge >= 0.3 is 5.97 Å². The van der Waals surface area contributed by atoms with Crippen molar-refractivity contribution in [3.63, 3.8) is 0 Å². The summed E-state index contributed by atoms with van der Waals surface area (Å²) in [7, 11) is 0. The Kier molecular flexibility index (Phi) is 9.94. The zero-order valence-electron chi connectivity index (χ0n) is 5.87. The Hall–Kier alpha value is -0.0300. The van der Waals surface area contributed by atoms with Crippen LogP contribution < -0.4 is 0 Å². The predicted octanol–water partition coefficient (Wildman–Crippen LogP) is 0.582. The third-order valence-corrected chi connectivity index (χ3v) is 0.925. The van der Waals surface area contributed by atoms with Gasteiger partial charge in [0.2, 0.25) is 4.84 Å². The van der Waals surface area contributed by atoms with Crippen molar-refractivity contribution in [3.05, 3.63) is 0 Å². The largest absolute Gasteiger partial charge is 0.479 e. The molecular weight excluding hydrogens is 195 g/mol. The summed E-state index contributed by atoms with van der Waals surface area (Å²) in [6.45, 7) is 1.70. The molecule has 0 amide bonds. The van der Waals surface area contributed by atoms with Gasteiger partial charge in [0.05, 0.1) is 0 Å². The highest BCUT2D eigenvalue weighted by molar-refractivity contribution is 6.52. The van der Waals surface area contributed by atoms with Crippen LogP contribution in [0.3, 0.4) is 0 Å². The first kappa shape index (κ1) is 13.6. The number of carboxylic acids is 1. The second-order valence-electron chi connectivity index (χ2n) is 1.53. The van der Waals surface area contributed by atoms with E-state index in [1.54, 1.807) is 6.92 Å². The molecule has 0 atom stereocenters. The van der Waals surface area contributed by atoms with E-state index < -0.39 is 17.1 Å². The zero-order chi connectivity index (χ0) is 9.44. The number of aliphatic hydroxyl groups excluding tert-OH is 1. The van der Waals surface area contributed by atoms with Crippen LogP contribution in [0, 0.1) is 0 Å². The van der Waals surface area contributed by atoms with Gasteiger partial charge in [-0.15, -0.1) is 0 Å². The molecule has 0 aliphatic heterocycles. The minimum atomic E-state index is -1.29. The minimum absolute atomic E-state index is 0.417. The van der Waals surface area contributed by atoms with Crippen molar-refractivity contribution in [2.75, 3.05) is 0 Å². The molecule has 11 heavy (non-hydrogen) atoms. The van der Waals surface area contributed by atoms with Gasteiger partial charge in [0.1, 0.15) is 0 Å². The van der Waals surface area contributed by atoms with Crippen LogP contribution in [0.4, 0.5) is 0 Å². The Morgan fingerprint density at radius 1 is 1.45 bits per heavy atom. The maximum absolute atomic E-state index is 9.44. The Labute approximate surface area is 74.4 Å². The molecule has 0 saturated heterocycles. The van der Waals surface area contributed by atoms with E-state index in [9.17, 15) is 4.79 Å². The van der Waals surface area contributed by atoms with E-state index in [4.69, 9.17) is 38.5 Å². The SMILES string of the molecule is CCC(O)O.O=C(O)C(Cl)Cl. The molecule has 0 rings (SSSR count). The van der Waals surface area contributed by atoms with Crippen LogP contribution in [-0.2, 0) is 4.79 Å². The lowest BCUT2D eigenvalue weighted by molar-refractivity contribution is -0.135. The summed E-state index contributed by atoms with van der Waals surface area (Å²) in [5, 5.41) is 23.6. The quantitative estimate of drug-likeness (QED) is 0.455. The topological polar surface area (TPSA) is 77.8 Å². The number of halogens is 2. The van der Waals surface area contributed by atoms with Crippen LogP contribution in [0.1, 0.15) is 13.3 Å². The highest BCUT2D eigenvalue weighted by Gasteiger charge is 2.05. The van der Waals surface area contributed by atoms with E-state index >= 15 is 0 Å². The number of hydrogen-bond acceptors (Lipinski definition) is 3. The Bertz CT molecular complexity index is 105. The van der Waals surface area contributed by atoms with Crippen molar-refractivity contribution >= 4 is 29.2 Å². The first-order valence-electron chi connectivity index (χ1n) is 2.78. The lowest BCUT2D eigenvalue weighted by Gasteiger charge is -1.90. The monoisotopic (exact) mass is 204 g/mol. The van der Waals surface area contributed by atoms with Gasteiger partial charge in [-0.3, -0.25) is 0 Å². The molecular formula is C5H10Cl2O4. The van der Waals surface area contributed by atoms with Crippen LogP contribution in [0.2, 0.25) is 0 Å². The molecule has 0 bridgehead atoms. The number of aliphatic carboxylic acids is 1. The van der Waals surface area contributed by atoms with Gasteiger partial charge in [-0.1, -0.05) is 30.1 Å². The second kappa shape index (κ2) is 8.07. The predicted molar refractivity (Wildman–Crippen MR) is 41.6 cm³/mol. The summed E-state index contributed by atoms with van der Waals surface area (Å²) in [4.78, 5) is 8.15. The standard InChI is InChI=1S/C3H8O2.C2H2Cl2O2/c1-2-3(4)5;3-1(4)2(5)6/h3-5H,2H2,1H3;1H,(H,5,6). The third-order valence-electron chi connectivity index (χ3n) is 0.552. The Balaban J connectivity index is 0. The van der Waals surface area contributed by atoms with Gasteiger partial charge in [-0.25, -0.2) is 4.79 Å². The van der Waals surface area contributed by atoms with Crippen molar-refractivity contribution in [3.8, 4) is 0 Å². The second-order valence-corrected chi connectivity index (χ2v) is 2.62. The molecule has 0 saturated carbocycles. The maximum Gasteiger partial charge on any atom is 0.337 e. The summed E-state index contributed by atoms with van der Waals surface area (Å²) in [6, 6.07) is 0. The summed E-state index contributed by atoms with van der Waals surface area (Å²) in [5.74, 6) is -1.21. The van der Waals surface area contributed by atoms with E-state index in [0.29, 0.717) is 6.42 Å². The molecule has 0 spiro atoms. The van der Waals surface area contributed by atoms with E-state index in [2.05, 4.69) is 0 Å². The number of rotatable bonds is 2. The van der Waals surface area contributed by atoms with E-state index in [1.807, 2.05) is 0 Å². The van der Waals surface area contributed by atoms with E-state index in [-0.39, 0.29) is 0 Å². The van der Waals surface area contributed by atoms with Gasteiger partial charge in [-0.05, 0) is 6.42 Å². The van der Waals surface area contributed by atoms with Crippen molar-refractivity contribution in [1.82, 2.24) is 0 Å². The van der Waals surface area contributed by atoms with Crippen molar-refractivity contribution in [2.24, 2.45) is 0 Å². The van der Waals surface area contributed by atoms with Gasteiger partial charge in [0.15, 0.2) is 6.29 Å².